The number of fused-ring (bicyclic) bond motifs is 5. The summed E-state index contributed by atoms with van der Waals surface area (Å²) in [5.41, 5.74) is 1.21. The van der Waals surface area contributed by atoms with Crippen molar-refractivity contribution in [1.82, 2.24) is 38.9 Å². The Morgan fingerprint density at radius 3 is 2.46 bits per heavy atom. The monoisotopic (exact) mass is 858 g/mol. The van der Waals surface area contributed by atoms with E-state index in [2.05, 4.69) is 25.1 Å². The molecular weight excluding hydrogens is 817 g/mol. The Labute approximate surface area is 352 Å². The lowest BCUT2D eigenvalue weighted by molar-refractivity contribution is -0.137. The Morgan fingerprint density at radius 1 is 1.02 bits per heavy atom. The number of hydrogen-bond acceptors (Lipinski definition) is 11. The fourth-order valence-corrected chi connectivity index (χ4v) is 10.4. The minimum atomic E-state index is -4.61. The van der Waals surface area contributed by atoms with Crippen LogP contribution in [-0.4, -0.2) is 114 Å². The summed E-state index contributed by atoms with van der Waals surface area (Å²) in [6.07, 6.45) is -0.408. The van der Waals surface area contributed by atoms with E-state index in [1.807, 2.05) is 24.3 Å². The lowest BCUT2D eigenvalue weighted by Crippen LogP contribution is -2.63. The Hall–Kier alpha value is -5.59. The van der Waals surface area contributed by atoms with E-state index in [1.54, 1.807) is 16.4 Å². The summed E-state index contributed by atoms with van der Waals surface area (Å²) >= 11 is 6.23. The molecule has 5 aliphatic rings. The van der Waals surface area contributed by atoms with E-state index in [0.717, 1.165) is 69.7 Å². The second-order valence-corrected chi connectivity index (χ2v) is 17.1. The van der Waals surface area contributed by atoms with Gasteiger partial charge in [-0.05, 0) is 87.4 Å². The highest BCUT2D eigenvalue weighted by Gasteiger charge is 2.59. The van der Waals surface area contributed by atoms with Crippen molar-refractivity contribution in [1.29, 1.82) is 0 Å². The van der Waals surface area contributed by atoms with Crippen LogP contribution < -0.4 is 15.8 Å². The van der Waals surface area contributed by atoms with E-state index in [4.69, 9.17) is 26.4 Å². The van der Waals surface area contributed by atoms with Gasteiger partial charge in [-0.15, -0.1) is 5.10 Å². The molecule has 61 heavy (non-hydrogen) atoms. The van der Waals surface area contributed by atoms with Crippen LogP contribution in [0.5, 0.6) is 5.75 Å². The topological polar surface area (TPSA) is 163 Å². The van der Waals surface area contributed by atoms with Crippen LogP contribution in [-0.2, 0) is 34.1 Å². The molecule has 0 radical (unpaired) electrons. The quantitative estimate of drug-likeness (QED) is 0.233. The molecule has 19 heteroatoms. The summed E-state index contributed by atoms with van der Waals surface area (Å²) < 4.78 is 48.5. The first kappa shape index (κ1) is 39.5. The van der Waals surface area contributed by atoms with Gasteiger partial charge in [0.2, 0.25) is 11.7 Å². The maximum Gasteiger partial charge on any atom is 0.416 e. The van der Waals surface area contributed by atoms with Crippen molar-refractivity contribution in [2.45, 2.75) is 69.2 Å². The first-order valence-corrected chi connectivity index (χ1v) is 20.9. The molecule has 2 amide bonds. The number of alkyl halides is 3. The minimum absolute atomic E-state index is 0.00447. The first-order valence-electron chi connectivity index (χ1n) is 20.5. The molecule has 2 aliphatic carbocycles. The molecule has 3 aliphatic heterocycles. The normalized spacial score (nSPS) is 22.8. The standard InChI is InChI=1S/C42H42ClF3N10O5/c1-23-36(58)35(48-22-47-23)39(60)54-13-12-41(28-7-9-31(28)54)11-10-32-34(41)38(59)56-40(55(32)19-33(57)49-30-8-4-25(18-29(30)43)42(44,45)46)50-37(51-56)24-2-5-26(6-3-24)52-14-16-53(17-15-52)27-20-61-21-27/h2-6,8,18,22,27-28,31,58H,7,9-17,19-21H2,1H3,(H,49,57)/t28-,31+,41-/m1/s1. The van der Waals surface area contributed by atoms with E-state index < -0.39 is 29.0 Å². The van der Waals surface area contributed by atoms with Gasteiger partial charge >= 0.3 is 6.18 Å². The summed E-state index contributed by atoms with van der Waals surface area (Å²) in [6, 6.07) is 10.9. The number of nitrogens with zero attached hydrogens (tertiary/aromatic N) is 9. The number of aromatic nitrogens is 6. The predicted octanol–water partition coefficient (Wildman–Crippen LogP) is 4.70. The second kappa shape index (κ2) is 14.8. The Bertz CT molecular complexity index is 2640. The van der Waals surface area contributed by atoms with Gasteiger partial charge < -0.3 is 29.5 Å². The van der Waals surface area contributed by atoms with E-state index in [9.17, 15) is 32.7 Å². The molecule has 3 aromatic heterocycles. The molecule has 0 unspecified atom stereocenters. The lowest BCUT2D eigenvalue weighted by atomic mass is 9.56. The van der Waals surface area contributed by atoms with Gasteiger partial charge in [-0.1, -0.05) is 11.6 Å². The van der Waals surface area contributed by atoms with Gasteiger partial charge in [0, 0.05) is 66.7 Å². The molecular formula is C42H42ClF3N10O5. The highest BCUT2D eigenvalue weighted by Crippen LogP contribution is 2.57. The second-order valence-electron chi connectivity index (χ2n) is 16.7. The van der Waals surface area contributed by atoms with Crippen LogP contribution in [0.15, 0.2) is 53.6 Å². The molecule has 15 nitrogen and oxygen atoms in total. The number of piperazine rings is 1. The zero-order valence-corrected chi connectivity index (χ0v) is 33.9. The number of rotatable bonds is 7. The Balaban J connectivity index is 0.992. The van der Waals surface area contributed by atoms with Crippen molar-refractivity contribution in [3.8, 4) is 17.1 Å². The highest BCUT2D eigenvalue weighted by atomic mass is 35.5. The van der Waals surface area contributed by atoms with Crippen molar-refractivity contribution in [3.05, 3.63) is 92.4 Å². The number of aryl methyl sites for hydroxylation is 1. The minimum Gasteiger partial charge on any atom is -0.504 e. The molecule has 2 N–H and O–H groups in total. The maximum absolute atomic E-state index is 14.9. The van der Waals surface area contributed by atoms with Gasteiger partial charge in [0.25, 0.3) is 11.5 Å². The number of carbonyl (C=O) groups is 2. The van der Waals surface area contributed by atoms with Crippen LogP contribution in [0.25, 0.3) is 17.2 Å². The van der Waals surface area contributed by atoms with Crippen LogP contribution >= 0.6 is 11.6 Å². The van der Waals surface area contributed by atoms with Gasteiger partial charge in [0.1, 0.15) is 12.9 Å². The fourth-order valence-electron chi connectivity index (χ4n) is 10.1. The molecule has 1 saturated carbocycles. The third-order valence-electron chi connectivity index (χ3n) is 13.6. The van der Waals surface area contributed by atoms with E-state index in [0.29, 0.717) is 60.8 Å². The van der Waals surface area contributed by atoms with Crippen LogP contribution in [0.3, 0.4) is 0 Å². The molecule has 6 heterocycles. The number of carbonyl (C=O) groups excluding carboxylic acids is 2. The Morgan fingerprint density at radius 2 is 1.79 bits per heavy atom. The molecule has 4 fully saturated rings. The molecule has 2 aromatic carbocycles. The van der Waals surface area contributed by atoms with Crippen LogP contribution in [0, 0.1) is 12.8 Å². The fraction of sp³-hybridized carbons (Fsp3) is 0.452. The number of halogens is 4. The molecule has 3 atom stereocenters. The van der Waals surface area contributed by atoms with Gasteiger partial charge in [-0.2, -0.15) is 22.7 Å². The number of benzene rings is 2. The summed E-state index contributed by atoms with van der Waals surface area (Å²) in [5, 5.41) is 17.8. The summed E-state index contributed by atoms with van der Waals surface area (Å²) in [7, 11) is 0. The number of piperidine rings is 1. The van der Waals surface area contributed by atoms with Gasteiger partial charge in [0.15, 0.2) is 17.3 Å². The van der Waals surface area contributed by atoms with Crippen molar-refractivity contribution >= 4 is 40.6 Å². The number of aromatic hydroxyl groups is 1. The van der Waals surface area contributed by atoms with Gasteiger partial charge in [-0.25, -0.2) is 9.97 Å². The molecule has 0 bridgehead atoms. The molecule has 1 spiro atoms. The van der Waals surface area contributed by atoms with Crippen LogP contribution in [0.2, 0.25) is 5.02 Å². The van der Waals surface area contributed by atoms with Crippen molar-refractivity contribution in [2.75, 3.05) is 56.2 Å². The number of amides is 2. The predicted molar refractivity (Wildman–Crippen MR) is 217 cm³/mol. The zero-order chi connectivity index (χ0) is 42.4. The van der Waals surface area contributed by atoms with Gasteiger partial charge in [0.05, 0.1) is 41.2 Å². The SMILES string of the molecule is Cc1ncnc(C(=O)N2CC[C@]3(CCc4c3c(=O)n3nc(-c5ccc(N6CCN(C7COC7)CC6)cc5)nc3n4CC(=O)Nc3ccc(C(F)(F)F)cc3Cl)[C@@H]3CC[C@@H]32)c1O. The average Bonchev–Trinajstić information content (AvgIpc) is 3.82. The third-order valence-corrected chi connectivity index (χ3v) is 13.9. The van der Waals surface area contributed by atoms with Crippen LogP contribution in [0.4, 0.5) is 24.5 Å². The molecule has 5 aromatic rings. The van der Waals surface area contributed by atoms with Gasteiger partial charge in [-0.3, -0.25) is 19.3 Å². The number of anilines is 2. The van der Waals surface area contributed by atoms with Crippen molar-refractivity contribution in [3.63, 3.8) is 0 Å². The van der Waals surface area contributed by atoms with E-state index in [-0.39, 0.29) is 57.8 Å². The highest BCUT2D eigenvalue weighted by molar-refractivity contribution is 6.33. The molecule has 3 saturated heterocycles. The van der Waals surface area contributed by atoms with Crippen LogP contribution in [0.1, 0.15) is 58.7 Å². The first-order chi connectivity index (χ1) is 29.3. The van der Waals surface area contributed by atoms with Crippen molar-refractivity contribution < 1.29 is 32.6 Å². The maximum atomic E-state index is 14.9. The average molecular weight is 859 g/mol. The zero-order valence-electron chi connectivity index (χ0n) is 33.2. The third kappa shape index (κ3) is 6.61. The van der Waals surface area contributed by atoms with E-state index in [1.165, 1.54) is 10.8 Å². The number of nitrogens with one attached hydrogen (secondary N) is 1. The number of hydrogen-bond donors (Lipinski definition) is 2. The summed E-state index contributed by atoms with van der Waals surface area (Å²) in [5.74, 6) is -0.888. The van der Waals surface area contributed by atoms with Crippen molar-refractivity contribution in [2.24, 2.45) is 5.92 Å². The summed E-state index contributed by atoms with van der Waals surface area (Å²) in [4.78, 5) is 62.0. The summed E-state index contributed by atoms with van der Waals surface area (Å²) in [6.45, 7) is 6.80. The molecule has 10 rings (SSSR count). The van der Waals surface area contributed by atoms with E-state index >= 15 is 0 Å². The smallest absolute Gasteiger partial charge is 0.416 e. The lowest BCUT2D eigenvalue weighted by Gasteiger charge is -2.57. The number of ether oxygens (including phenoxy) is 1. The largest absolute Gasteiger partial charge is 0.504 e. The number of likely N-dealkylation sites (tertiary alicyclic amines) is 1. The Kier molecular flexibility index (Phi) is 9.59. The molecule has 318 valence electrons.